The smallest absolute Gasteiger partial charge is 0.225 e. The Labute approximate surface area is 202 Å². The monoisotopic (exact) mass is 458 g/mol. The summed E-state index contributed by atoms with van der Waals surface area (Å²) in [4.78, 5) is 17.6. The van der Waals surface area contributed by atoms with Crippen LogP contribution in [0.4, 0.5) is 0 Å². The van der Waals surface area contributed by atoms with Crippen LogP contribution in [0.1, 0.15) is 54.7 Å². The van der Waals surface area contributed by atoms with E-state index in [1.807, 2.05) is 24.3 Å². The first-order chi connectivity index (χ1) is 16.7. The van der Waals surface area contributed by atoms with Crippen molar-refractivity contribution in [1.29, 1.82) is 0 Å². The van der Waals surface area contributed by atoms with Crippen LogP contribution >= 0.6 is 0 Å². The molecule has 5 heteroatoms. The number of amides is 1. The average molecular weight is 459 g/mol. The number of methoxy groups -OCH3 is 1. The Hall–Kier alpha value is -2.81. The summed E-state index contributed by atoms with van der Waals surface area (Å²) in [5.74, 6) is 8.05. The molecule has 178 valence electrons. The molecule has 2 aliphatic heterocycles. The SMILES string of the molecule is COc1ccccc1C#Cc1ccc([C@@H]2[C@@H](CO)N3CCCCN(C(=O)C4CCC4)C[C@H]23)cc1. The van der Waals surface area contributed by atoms with Crippen molar-refractivity contribution < 1.29 is 14.6 Å². The predicted octanol–water partition coefficient (Wildman–Crippen LogP) is 3.65. The molecule has 1 aliphatic carbocycles. The molecule has 34 heavy (non-hydrogen) atoms. The van der Waals surface area contributed by atoms with Crippen molar-refractivity contribution in [1.82, 2.24) is 9.80 Å². The minimum Gasteiger partial charge on any atom is -0.495 e. The summed E-state index contributed by atoms with van der Waals surface area (Å²) in [6, 6.07) is 16.6. The lowest BCUT2D eigenvalue weighted by molar-refractivity contribution is -0.143. The molecule has 2 aromatic rings. The second kappa shape index (κ2) is 10.2. The lowest BCUT2D eigenvalue weighted by Gasteiger charge is -2.57. The van der Waals surface area contributed by atoms with E-state index >= 15 is 0 Å². The zero-order valence-electron chi connectivity index (χ0n) is 20.0. The Bertz CT molecular complexity index is 1070. The zero-order chi connectivity index (χ0) is 23.5. The van der Waals surface area contributed by atoms with E-state index in [2.05, 4.69) is 45.9 Å². The van der Waals surface area contributed by atoms with Crippen LogP contribution in [0.25, 0.3) is 0 Å². The maximum absolute atomic E-state index is 13.0. The average Bonchev–Trinajstić information content (AvgIpc) is 2.81. The maximum atomic E-state index is 13.0. The molecule has 0 unspecified atom stereocenters. The molecule has 2 heterocycles. The minimum absolute atomic E-state index is 0.120. The lowest BCUT2D eigenvalue weighted by atomic mass is 9.74. The number of rotatable bonds is 4. The van der Waals surface area contributed by atoms with Gasteiger partial charge in [0.15, 0.2) is 0 Å². The minimum atomic E-state index is 0.120. The van der Waals surface area contributed by atoms with E-state index in [0.717, 1.165) is 62.2 Å². The largest absolute Gasteiger partial charge is 0.495 e. The van der Waals surface area contributed by atoms with E-state index in [4.69, 9.17) is 4.74 Å². The van der Waals surface area contributed by atoms with Gasteiger partial charge in [0.25, 0.3) is 0 Å². The standard InChI is InChI=1S/C29H34N2O3/c1-34-27-10-3-2-7-22(27)14-11-21-12-15-23(16-13-21)28-25-19-30(29(33)24-8-6-9-24)17-4-5-18-31(25)26(28)20-32/h2-3,7,10,12-13,15-16,24-26,28,32H,4-6,8-9,17-20H2,1H3/t25-,26-,28+/m1/s1. The summed E-state index contributed by atoms with van der Waals surface area (Å²) in [6.45, 7) is 2.78. The van der Waals surface area contributed by atoms with Gasteiger partial charge in [-0.1, -0.05) is 42.5 Å². The highest BCUT2D eigenvalue weighted by molar-refractivity contribution is 5.79. The van der Waals surface area contributed by atoms with Gasteiger partial charge in [-0.05, 0) is 62.1 Å². The summed E-state index contributed by atoms with van der Waals surface area (Å²) in [5.41, 5.74) is 3.04. The third-order valence-electron chi connectivity index (χ3n) is 7.88. The molecule has 0 aromatic heterocycles. The summed E-state index contributed by atoms with van der Waals surface area (Å²) in [7, 11) is 1.66. The van der Waals surface area contributed by atoms with Gasteiger partial charge in [-0.3, -0.25) is 9.69 Å². The van der Waals surface area contributed by atoms with E-state index in [9.17, 15) is 9.90 Å². The van der Waals surface area contributed by atoms with Crippen molar-refractivity contribution in [3.05, 3.63) is 65.2 Å². The Balaban J connectivity index is 1.33. The summed E-state index contributed by atoms with van der Waals surface area (Å²) < 4.78 is 5.39. The Kier molecular flexibility index (Phi) is 6.89. The van der Waals surface area contributed by atoms with Crippen LogP contribution in [0.5, 0.6) is 5.75 Å². The molecular formula is C29H34N2O3. The lowest BCUT2D eigenvalue weighted by Crippen LogP contribution is -2.68. The zero-order valence-corrected chi connectivity index (χ0v) is 20.0. The van der Waals surface area contributed by atoms with E-state index in [1.165, 1.54) is 12.0 Å². The third kappa shape index (κ3) is 4.45. The van der Waals surface area contributed by atoms with Crippen LogP contribution < -0.4 is 4.74 Å². The van der Waals surface area contributed by atoms with Crippen molar-refractivity contribution in [2.75, 3.05) is 33.4 Å². The molecular weight excluding hydrogens is 424 g/mol. The number of fused-ring (bicyclic) bond motifs is 1. The number of para-hydroxylation sites is 1. The molecule has 3 fully saturated rings. The van der Waals surface area contributed by atoms with Crippen LogP contribution in [0, 0.1) is 17.8 Å². The van der Waals surface area contributed by atoms with Gasteiger partial charge in [-0.25, -0.2) is 0 Å². The van der Waals surface area contributed by atoms with Gasteiger partial charge in [-0.2, -0.15) is 0 Å². The second-order valence-electron chi connectivity index (χ2n) is 9.77. The van der Waals surface area contributed by atoms with Crippen molar-refractivity contribution in [2.24, 2.45) is 5.92 Å². The van der Waals surface area contributed by atoms with E-state index in [0.29, 0.717) is 5.91 Å². The molecule has 2 aromatic carbocycles. The number of hydrogen-bond donors (Lipinski definition) is 1. The van der Waals surface area contributed by atoms with Crippen LogP contribution in [-0.4, -0.2) is 66.2 Å². The Morgan fingerprint density at radius 3 is 2.50 bits per heavy atom. The fourth-order valence-electron chi connectivity index (χ4n) is 5.73. The third-order valence-corrected chi connectivity index (χ3v) is 7.88. The van der Waals surface area contributed by atoms with Gasteiger partial charge in [0, 0.05) is 42.6 Å². The van der Waals surface area contributed by atoms with Crippen molar-refractivity contribution in [3.63, 3.8) is 0 Å². The fraction of sp³-hybridized carbons (Fsp3) is 0.483. The van der Waals surface area contributed by atoms with E-state index in [-0.39, 0.29) is 30.5 Å². The first-order valence-corrected chi connectivity index (χ1v) is 12.6. The maximum Gasteiger partial charge on any atom is 0.225 e. The second-order valence-corrected chi connectivity index (χ2v) is 9.77. The molecule has 1 saturated carbocycles. The highest BCUT2D eigenvalue weighted by atomic mass is 16.5. The molecule has 3 aliphatic rings. The number of benzene rings is 2. The number of ether oxygens (including phenoxy) is 1. The van der Waals surface area contributed by atoms with E-state index < -0.39 is 0 Å². The fourth-order valence-corrected chi connectivity index (χ4v) is 5.73. The van der Waals surface area contributed by atoms with Gasteiger partial charge in [0.05, 0.1) is 19.3 Å². The van der Waals surface area contributed by atoms with Gasteiger partial charge >= 0.3 is 0 Å². The molecule has 2 saturated heterocycles. The number of carbonyl (C=O) groups excluding carboxylic acids is 1. The predicted molar refractivity (Wildman–Crippen MR) is 133 cm³/mol. The van der Waals surface area contributed by atoms with Gasteiger partial charge in [0.2, 0.25) is 5.91 Å². The molecule has 3 atom stereocenters. The topological polar surface area (TPSA) is 53.0 Å². The molecule has 0 bridgehead atoms. The summed E-state index contributed by atoms with van der Waals surface area (Å²) in [6.07, 6.45) is 5.39. The Morgan fingerprint density at radius 1 is 1.03 bits per heavy atom. The van der Waals surface area contributed by atoms with Crippen LogP contribution in [0.3, 0.4) is 0 Å². The molecule has 5 rings (SSSR count). The normalized spacial score (nSPS) is 25.0. The number of carbonyl (C=O) groups is 1. The van der Waals surface area contributed by atoms with Crippen molar-refractivity contribution in [3.8, 4) is 17.6 Å². The number of aliphatic hydroxyl groups excluding tert-OH is 1. The Morgan fingerprint density at radius 2 is 1.79 bits per heavy atom. The number of aliphatic hydroxyl groups is 1. The molecule has 1 amide bonds. The highest BCUT2D eigenvalue weighted by Crippen LogP contribution is 2.42. The first kappa shape index (κ1) is 23.0. The molecule has 1 N–H and O–H groups in total. The van der Waals surface area contributed by atoms with Crippen LogP contribution in [0.2, 0.25) is 0 Å². The number of hydrogen-bond acceptors (Lipinski definition) is 4. The van der Waals surface area contributed by atoms with Crippen molar-refractivity contribution in [2.45, 2.75) is 50.1 Å². The van der Waals surface area contributed by atoms with Gasteiger partial charge < -0.3 is 14.7 Å². The molecule has 0 spiro atoms. The molecule has 0 radical (unpaired) electrons. The summed E-state index contributed by atoms with van der Waals surface area (Å²) >= 11 is 0. The summed E-state index contributed by atoms with van der Waals surface area (Å²) in [5, 5.41) is 10.2. The first-order valence-electron chi connectivity index (χ1n) is 12.6. The van der Waals surface area contributed by atoms with Gasteiger partial charge in [0.1, 0.15) is 5.75 Å². The quantitative estimate of drug-likeness (QED) is 0.711. The number of nitrogens with zero attached hydrogens (tertiary/aromatic N) is 2. The van der Waals surface area contributed by atoms with Crippen LogP contribution in [0.15, 0.2) is 48.5 Å². The van der Waals surface area contributed by atoms with Crippen molar-refractivity contribution >= 4 is 5.91 Å². The highest BCUT2D eigenvalue weighted by Gasteiger charge is 2.49. The van der Waals surface area contributed by atoms with Gasteiger partial charge in [-0.15, -0.1) is 0 Å². The van der Waals surface area contributed by atoms with Crippen LogP contribution in [-0.2, 0) is 4.79 Å². The van der Waals surface area contributed by atoms with E-state index in [1.54, 1.807) is 7.11 Å². The molecule has 5 nitrogen and oxygen atoms in total.